The van der Waals surface area contributed by atoms with Crippen LogP contribution in [0.15, 0.2) is 79.0 Å². The maximum atomic E-state index is 13.3. The van der Waals surface area contributed by atoms with E-state index in [2.05, 4.69) is 54.5 Å². The number of pyridine rings is 1. The predicted molar refractivity (Wildman–Crippen MR) is 153 cm³/mol. The molecule has 38 heavy (non-hydrogen) atoms. The number of nitrogens with one attached hydrogen (secondary N) is 1. The maximum absolute atomic E-state index is 13.3. The summed E-state index contributed by atoms with van der Waals surface area (Å²) < 4.78 is 0. The van der Waals surface area contributed by atoms with Crippen molar-refractivity contribution in [3.63, 3.8) is 0 Å². The van der Waals surface area contributed by atoms with Crippen molar-refractivity contribution in [3.05, 3.63) is 95.7 Å². The molecule has 3 aromatic carbocycles. The number of anilines is 1. The van der Waals surface area contributed by atoms with Crippen LogP contribution in [-0.2, 0) is 4.79 Å². The number of aliphatic carboxylic acids is 1. The van der Waals surface area contributed by atoms with Crippen molar-refractivity contribution in [3.8, 4) is 11.1 Å². The molecule has 194 valence electrons. The Morgan fingerprint density at radius 2 is 1.63 bits per heavy atom. The van der Waals surface area contributed by atoms with Gasteiger partial charge in [-0.2, -0.15) is 0 Å². The summed E-state index contributed by atoms with van der Waals surface area (Å²) in [5.74, 6) is 0.286. The lowest BCUT2D eigenvalue weighted by Crippen LogP contribution is -2.16. The van der Waals surface area contributed by atoms with Gasteiger partial charge in [0.2, 0.25) is 0 Å². The molecule has 0 radical (unpaired) electrons. The summed E-state index contributed by atoms with van der Waals surface area (Å²) in [4.78, 5) is 28.8. The zero-order valence-corrected chi connectivity index (χ0v) is 22.0. The largest absolute Gasteiger partial charge is 0.481 e. The Kier molecular flexibility index (Phi) is 7.54. The molecule has 1 saturated carbocycles. The number of amides is 1. The maximum Gasteiger partial charge on any atom is 0.303 e. The number of hydrogen-bond donors (Lipinski definition) is 2. The molecule has 2 N–H and O–H groups in total. The van der Waals surface area contributed by atoms with Gasteiger partial charge in [-0.25, -0.2) is 0 Å². The number of benzene rings is 3. The molecule has 0 bridgehead atoms. The second kappa shape index (κ2) is 11.2. The van der Waals surface area contributed by atoms with Gasteiger partial charge in [-0.3, -0.25) is 14.6 Å². The van der Waals surface area contributed by atoms with Crippen molar-refractivity contribution in [2.24, 2.45) is 5.92 Å². The van der Waals surface area contributed by atoms with Crippen LogP contribution in [-0.4, -0.2) is 22.0 Å². The molecule has 5 heteroatoms. The zero-order chi connectivity index (χ0) is 26.6. The lowest BCUT2D eigenvalue weighted by molar-refractivity contribution is -0.138. The van der Waals surface area contributed by atoms with E-state index in [0.717, 1.165) is 59.0 Å². The summed E-state index contributed by atoms with van der Waals surface area (Å²) in [5, 5.41) is 13.0. The third kappa shape index (κ3) is 5.62. The Labute approximate surface area is 223 Å². The molecular weight excluding hydrogens is 472 g/mol. The van der Waals surface area contributed by atoms with E-state index >= 15 is 0 Å². The molecule has 0 unspecified atom stereocenters. The third-order valence-corrected chi connectivity index (χ3v) is 7.84. The second-order valence-corrected chi connectivity index (χ2v) is 10.7. The van der Waals surface area contributed by atoms with Crippen LogP contribution < -0.4 is 5.32 Å². The summed E-state index contributed by atoms with van der Waals surface area (Å²) in [7, 11) is 0. The molecule has 1 aliphatic rings. The topological polar surface area (TPSA) is 79.3 Å². The van der Waals surface area contributed by atoms with Crippen LogP contribution in [0.1, 0.15) is 79.3 Å². The molecular formula is C33H34N2O3. The van der Waals surface area contributed by atoms with Gasteiger partial charge in [-0.05, 0) is 83.9 Å². The first kappa shape index (κ1) is 25.7. The van der Waals surface area contributed by atoms with Crippen LogP contribution in [0.3, 0.4) is 0 Å². The predicted octanol–water partition coefficient (Wildman–Crippen LogP) is 8.03. The van der Waals surface area contributed by atoms with Gasteiger partial charge in [0.05, 0.1) is 11.1 Å². The first-order valence-corrected chi connectivity index (χ1v) is 13.5. The Balaban J connectivity index is 1.32. The monoisotopic (exact) mass is 506 g/mol. The van der Waals surface area contributed by atoms with E-state index in [9.17, 15) is 9.59 Å². The first-order chi connectivity index (χ1) is 18.4. The molecule has 1 aliphatic carbocycles. The summed E-state index contributed by atoms with van der Waals surface area (Å²) in [5.41, 5.74) is 6.83. The highest BCUT2D eigenvalue weighted by molar-refractivity contribution is 6.12. The average Bonchev–Trinajstić information content (AvgIpc) is 2.93. The molecule has 1 fully saturated rings. The summed E-state index contributed by atoms with van der Waals surface area (Å²) in [6, 6.07) is 24.5. The molecule has 1 aromatic heterocycles. The number of aromatic nitrogens is 1. The smallest absolute Gasteiger partial charge is 0.303 e. The fourth-order valence-electron chi connectivity index (χ4n) is 5.72. The van der Waals surface area contributed by atoms with Crippen LogP contribution in [0.2, 0.25) is 0 Å². The minimum absolute atomic E-state index is 0.138. The fourth-order valence-corrected chi connectivity index (χ4v) is 5.72. The Hall–Kier alpha value is -3.99. The first-order valence-electron chi connectivity index (χ1n) is 13.5. The van der Waals surface area contributed by atoms with Gasteiger partial charge in [-0.1, -0.05) is 68.4 Å². The van der Waals surface area contributed by atoms with E-state index in [0.29, 0.717) is 23.3 Å². The van der Waals surface area contributed by atoms with Crippen LogP contribution in [0.4, 0.5) is 5.69 Å². The van der Waals surface area contributed by atoms with Gasteiger partial charge < -0.3 is 10.4 Å². The highest BCUT2D eigenvalue weighted by atomic mass is 16.4. The molecule has 0 atom stereocenters. The van der Waals surface area contributed by atoms with Gasteiger partial charge in [-0.15, -0.1) is 0 Å². The highest BCUT2D eigenvalue weighted by Gasteiger charge is 2.24. The lowest BCUT2D eigenvalue weighted by atomic mass is 9.77. The SMILES string of the molecule is CC(C)c1ccccc1NC(=O)c1ccnc2cc(-c3ccc(C4CCC(CC(=O)O)CC4)cc3)ccc12. The third-order valence-electron chi connectivity index (χ3n) is 7.84. The number of carboxylic acid groups (broad SMARTS) is 1. The molecule has 0 saturated heterocycles. The molecule has 1 heterocycles. The number of carbonyl (C=O) groups excluding carboxylic acids is 1. The number of carbonyl (C=O) groups is 2. The van der Waals surface area contributed by atoms with Crippen molar-refractivity contribution in [2.45, 2.75) is 57.8 Å². The Morgan fingerprint density at radius 3 is 2.34 bits per heavy atom. The van der Waals surface area contributed by atoms with Crippen LogP contribution >= 0.6 is 0 Å². The number of rotatable bonds is 7. The second-order valence-electron chi connectivity index (χ2n) is 10.7. The molecule has 4 aromatic rings. The van der Waals surface area contributed by atoms with E-state index in [1.807, 2.05) is 36.4 Å². The van der Waals surface area contributed by atoms with Crippen molar-refractivity contribution in [1.82, 2.24) is 4.98 Å². The van der Waals surface area contributed by atoms with Crippen molar-refractivity contribution in [2.75, 3.05) is 5.32 Å². The van der Waals surface area contributed by atoms with E-state index in [-0.39, 0.29) is 12.3 Å². The van der Waals surface area contributed by atoms with E-state index in [1.165, 1.54) is 5.56 Å². The van der Waals surface area contributed by atoms with E-state index in [1.54, 1.807) is 12.3 Å². The highest BCUT2D eigenvalue weighted by Crippen LogP contribution is 2.38. The minimum Gasteiger partial charge on any atom is -0.481 e. The number of para-hydroxylation sites is 1. The number of hydrogen-bond acceptors (Lipinski definition) is 3. The van der Waals surface area contributed by atoms with E-state index < -0.39 is 5.97 Å². The van der Waals surface area contributed by atoms with Crippen LogP contribution in [0.5, 0.6) is 0 Å². The molecule has 0 aliphatic heterocycles. The normalized spacial score (nSPS) is 17.4. The molecule has 1 amide bonds. The Bertz CT molecular complexity index is 1450. The van der Waals surface area contributed by atoms with Gasteiger partial charge in [0.25, 0.3) is 5.91 Å². The molecule has 0 spiro atoms. The number of nitrogens with zero attached hydrogens (tertiary/aromatic N) is 1. The van der Waals surface area contributed by atoms with Gasteiger partial charge >= 0.3 is 5.97 Å². The van der Waals surface area contributed by atoms with Gasteiger partial charge in [0.15, 0.2) is 0 Å². The molecule has 5 rings (SSSR count). The molecule has 5 nitrogen and oxygen atoms in total. The average molecular weight is 507 g/mol. The van der Waals surface area contributed by atoms with E-state index in [4.69, 9.17) is 5.11 Å². The summed E-state index contributed by atoms with van der Waals surface area (Å²) >= 11 is 0. The van der Waals surface area contributed by atoms with Crippen molar-refractivity contribution >= 4 is 28.5 Å². The van der Waals surface area contributed by atoms with Gasteiger partial charge in [0.1, 0.15) is 0 Å². The number of carboxylic acids is 1. The van der Waals surface area contributed by atoms with Crippen LogP contribution in [0.25, 0.3) is 22.0 Å². The quantitative estimate of drug-likeness (QED) is 0.266. The zero-order valence-electron chi connectivity index (χ0n) is 22.0. The summed E-state index contributed by atoms with van der Waals surface area (Å²) in [6.45, 7) is 4.24. The Morgan fingerprint density at radius 1 is 0.921 bits per heavy atom. The van der Waals surface area contributed by atoms with Gasteiger partial charge in [0, 0.05) is 23.7 Å². The van der Waals surface area contributed by atoms with Crippen molar-refractivity contribution < 1.29 is 14.7 Å². The lowest BCUT2D eigenvalue weighted by Gasteiger charge is -2.28. The fraction of sp³-hybridized carbons (Fsp3) is 0.303. The minimum atomic E-state index is -0.688. The van der Waals surface area contributed by atoms with Crippen molar-refractivity contribution in [1.29, 1.82) is 0 Å². The van der Waals surface area contributed by atoms with Crippen LogP contribution in [0, 0.1) is 5.92 Å². The standard InChI is InChI=1S/C33H34N2O3/c1-21(2)27-5-3-4-6-30(27)35-33(38)29-17-18-34-31-20-26(15-16-28(29)31)25-13-11-24(12-14-25)23-9-7-22(8-10-23)19-32(36)37/h3-6,11-18,20-23H,7-10,19H2,1-2H3,(H,35,38)(H,36,37). The number of fused-ring (bicyclic) bond motifs is 1. The summed E-state index contributed by atoms with van der Waals surface area (Å²) in [6.07, 6.45) is 6.03.